The molecule has 0 N–H and O–H groups in total. The highest BCUT2D eigenvalue weighted by Gasteiger charge is 2.36. The van der Waals surface area contributed by atoms with Gasteiger partial charge in [0.15, 0.2) is 6.61 Å². The molecule has 3 heterocycles. The number of pyridine rings is 1. The van der Waals surface area contributed by atoms with Gasteiger partial charge in [0, 0.05) is 18.5 Å². The third kappa shape index (κ3) is 6.08. The molecule has 5 rings (SSSR count). The Kier molecular flexibility index (Phi) is 7.99. The Morgan fingerprint density at radius 3 is 2.10 bits per heavy atom. The number of aryl methyl sites for hydroxylation is 1. The number of esters is 1. The van der Waals surface area contributed by atoms with E-state index in [4.69, 9.17) is 4.74 Å². The molecule has 0 aliphatic carbocycles. The molecule has 10 heteroatoms. The van der Waals surface area contributed by atoms with E-state index in [0.717, 1.165) is 28.5 Å². The van der Waals surface area contributed by atoms with Crippen LogP contribution in [0.15, 0.2) is 84.2 Å². The number of nitrogens with zero attached hydrogens (tertiary/aromatic N) is 2. The highest BCUT2D eigenvalue weighted by Crippen LogP contribution is 2.42. The van der Waals surface area contributed by atoms with Crippen LogP contribution in [0, 0.1) is 6.92 Å². The zero-order valence-corrected chi connectivity index (χ0v) is 22.9. The summed E-state index contributed by atoms with van der Waals surface area (Å²) in [6.45, 7) is 1.50. The third-order valence-electron chi connectivity index (χ3n) is 6.28. The molecule has 5 nitrogen and oxygen atoms in total. The molecule has 0 radical (unpaired) electrons. The first kappa shape index (κ1) is 27.5. The number of thiophene rings is 2. The average Bonchev–Trinajstić information content (AvgIpc) is 3.60. The number of alkyl halides is 3. The minimum absolute atomic E-state index is 0.0122. The zero-order valence-electron chi connectivity index (χ0n) is 21.3. The van der Waals surface area contributed by atoms with Gasteiger partial charge in [-0.15, -0.1) is 22.7 Å². The largest absolute Gasteiger partial charge is 0.451 e. The van der Waals surface area contributed by atoms with Crippen molar-refractivity contribution in [2.24, 2.45) is 0 Å². The van der Waals surface area contributed by atoms with Gasteiger partial charge >= 0.3 is 12.1 Å². The van der Waals surface area contributed by atoms with E-state index in [1.807, 2.05) is 60.7 Å². The Labute approximate surface area is 236 Å². The predicted molar refractivity (Wildman–Crippen MR) is 150 cm³/mol. The summed E-state index contributed by atoms with van der Waals surface area (Å²) in [6.07, 6.45) is -4.65. The Hall–Kier alpha value is -4.02. The van der Waals surface area contributed by atoms with E-state index in [1.54, 1.807) is 22.4 Å². The van der Waals surface area contributed by atoms with Crippen LogP contribution < -0.4 is 0 Å². The van der Waals surface area contributed by atoms with E-state index < -0.39 is 30.2 Å². The molecule has 204 valence electrons. The van der Waals surface area contributed by atoms with Crippen LogP contribution in [-0.2, 0) is 28.8 Å². The van der Waals surface area contributed by atoms with Crippen LogP contribution in [0.5, 0.6) is 0 Å². The predicted octanol–water partition coefficient (Wildman–Crippen LogP) is 7.74. The van der Waals surface area contributed by atoms with Crippen LogP contribution in [0.1, 0.15) is 31.9 Å². The van der Waals surface area contributed by atoms with Gasteiger partial charge in [-0.25, -0.2) is 9.78 Å². The topological polar surface area (TPSA) is 59.5 Å². The molecule has 0 fully saturated rings. The van der Waals surface area contributed by atoms with Gasteiger partial charge in [-0.1, -0.05) is 66.7 Å². The summed E-state index contributed by atoms with van der Waals surface area (Å²) < 4.78 is 47.5. The van der Waals surface area contributed by atoms with E-state index in [9.17, 15) is 22.8 Å². The number of halogens is 3. The number of fused-ring (bicyclic) bond motifs is 1. The molecule has 3 aromatic heterocycles. The molecule has 2 aromatic carbocycles. The van der Waals surface area contributed by atoms with Crippen LogP contribution in [0.3, 0.4) is 0 Å². The molecule has 0 unspecified atom stereocenters. The fourth-order valence-electron chi connectivity index (χ4n) is 4.34. The number of hydrogen-bond donors (Lipinski definition) is 0. The monoisotopic (exact) mass is 580 g/mol. The Balaban J connectivity index is 1.39. The zero-order chi connectivity index (χ0) is 28.3. The minimum Gasteiger partial charge on any atom is -0.451 e. The number of carbonyl (C=O) groups is 2. The van der Waals surface area contributed by atoms with Crippen LogP contribution >= 0.6 is 22.7 Å². The highest BCUT2D eigenvalue weighted by molar-refractivity contribution is 7.20. The number of benzene rings is 2. The van der Waals surface area contributed by atoms with E-state index in [-0.39, 0.29) is 26.4 Å². The molecular weight excluding hydrogens is 557 g/mol. The van der Waals surface area contributed by atoms with Crippen LogP contribution in [0.25, 0.3) is 20.8 Å². The van der Waals surface area contributed by atoms with Crippen molar-refractivity contribution >= 4 is 44.8 Å². The maximum atomic E-state index is 14.0. The molecule has 0 atom stereocenters. The molecule has 0 bridgehead atoms. The van der Waals surface area contributed by atoms with E-state index in [2.05, 4.69) is 4.98 Å². The lowest BCUT2D eigenvalue weighted by Crippen LogP contribution is -2.33. The summed E-state index contributed by atoms with van der Waals surface area (Å²) in [5.74, 6) is -1.28. The van der Waals surface area contributed by atoms with Gasteiger partial charge in [0.05, 0.1) is 16.1 Å². The lowest BCUT2D eigenvalue weighted by Gasteiger charge is -2.23. The number of carbonyl (C=O) groups excluding carboxylic acids is 2. The first-order chi connectivity index (χ1) is 19.2. The van der Waals surface area contributed by atoms with Crippen molar-refractivity contribution in [1.82, 2.24) is 9.88 Å². The van der Waals surface area contributed by atoms with Gasteiger partial charge in [0.25, 0.3) is 5.91 Å². The Bertz CT molecular complexity index is 1590. The second kappa shape index (κ2) is 11.6. The van der Waals surface area contributed by atoms with Crippen molar-refractivity contribution in [3.05, 3.63) is 111 Å². The second-order valence-corrected chi connectivity index (χ2v) is 11.0. The fourth-order valence-corrected chi connectivity index (χ4v) is 6.12. The van der Waals surface area contributed by atoms with Gasteiger partial charge in [-0.05, 0) is 41.1 Å². The summed E-state index contributed by atoms with van der Waals surface area (Å²) >= 11 is 2.11. The number of ether oxygens (including phenoxy) is 1. The summed E-state index contributed by atoms with van der Waals surface area (Å²) in [7, 11) is 0. The van der Waals surface area contributed by atoms with Crippen LogP contribution in [0.4, 0.5) is 13.2 Å². The average molecular weight is 581 g/mol. The number of rotatable bonds is 8. The van der Waals surface area contributed by atoms with E-state index in [1.165, 1.54) is 18.3 Å². The maximum absolute atomic E-state index is 14.0. The summed E-state index contributed by atoms with van der Waals surface area (Å²) in [6, 6.07) is 23.3. The lowest BCUT2D eigenvalue weighted by atomic mass is 10.1. The first-order valence-corrected chi connectivity index (χ1v) is 14.0. The van der Waals surface area contributed by atoms with Gasteiger partial charge in [-0.3, -0.25) is 4.79 Å². The first-order valence-electron chi connectivity index (χ1n) is 12.3. The van der Waals surface area contributed by atoms with Crippen LogP contribution in [0.2, 0.25) is 0 Å². The standard InChI is InChI=1S/C30H23F3N2O3S2/c1-19-26-22(30(31,32)33)15-23(24-13-8-14-39-24)34-28(26)40-27(19)29(37)38-18-25(36)35(16-20-9-4-2-5-10-20)17-21-11-6-3-7-12-21/h2-15H,16-18H2,1H3. The van der Waals surface area contributed by atoms with Crippen molar-refractivity contribution in [3.63, 3.8) is 0 Å². The highest BCUT2D eigenvalue weighted by atomic mass is 32.1. The number of amides is 1. The normalized spacial score (nSPS) is 11.5. The third-order valence-corrected chi connectivity index (χ3v) is 8.34. The van der Waals surface area contributed by atoms with Crippen molar-refractivity contribution < 1.29 is 27.5 Å². The molecule has 40 heavy (non-hydrogen) atoms. The molecule has 0 saturated carbocycles. The Morgan fingerprint density at radius 1 is 0.925 bits per heavy atom. The van der Waals surface area contributed by atoms with Gasteiger partial charge in [0.1, 0.15) is 9.71 Å². The van der Waals surface area contributed by atoms with Crippen molar-refractivity contribution in [2.75, 3.05) is 6.61 Å². The van der Waals surface area contributed by atoms with E-state index in [0.29, 0.717) is 18.0 Å². The second-order valence-electron chi connectivity index (χ2n) is 9.06. The smallest absolute Gasteiger partial charge is 0.417 e. The number of hydrogen-bond acceptors (Lipinski definition) is 6. The summed E-state index contributed by atoms with van der Waals surface area (Å²) in [5.41, 5.74) is 1.27. The molecule has 0 saturated heterocycles. The van der Waals surface area contributed by atoms with Crippen LogP contribution in [-0.4, -0.2) is 28.4 Å². The SMILES string of the molecule is Cc1c(C(=O)OCC(=O)N(Cc2ccccc2)Cc2ccccc2)sc2nc(-c3cccs3)cc(C(F)(F)F)c12. The minimum atomic E-state index is -4.65. The molecule has 0 spiro atoms. The molecule has 0 aliphatic heterocycles. The molecule has 5 aromatic rings. The van der Waals surface area contributed by atoms with Crippen molar-refractivity contribution in [2.45, 2.75) is 26.2 Å². The maximum Gasteiger partial charge on any atom is 0.417 e. The van der Waals surface area contributed by atoms with Crippen molar-refractivity contribution in [1.29, 1.82) is 0 Å². The summed E-state index contributed by atoms with van der Waals surface area (Å²) in [4.78, 5) is 32.9. The van der Waals surface area contributed by atoms with Crippen molar-refractivity contribution in [3.8, 4) is 10.6 Å². The molecule has 0 aliphatic rings. The number of aromatic nitrogens is 1. The molecule has 1 amide bonds. The van der Waals surface area contributed by atoms with Gasteiger partial charge in [-0.2, -0.15) is 13.2 Å². The fraction of sp³-hybridized carbons (Fsp3) is 0.167. The van der Waals surface area contributed by atoms with Gasteiger partial charge < -0.3 is 9.64 Å². The van der Waals surface area contributed by atoms with E-state index >= 15 is 0 Å². The quantitative estimate of drug-likeness (QED) is 0.176. The summed E-state index contributed by atoms with van der Waals surface area (Å²) in [5, 5.41) is 1.62. The lowest BCUT2D eigenvalue weighted by molar-refractivity contribution is -0.136. The van der Waals surface area contributed by atoms with Gasteiger partial charge in [0.2, 0.25) is 0 Å². The Morgan fingerprint density at radius 2 is 1.55 bits per heavy atom. The molecular formula is C30H23F3N2O3S2.